The lowest BCUT2D eigenvalue weighted by Gasteiger charge is -2.04. The topological polar surface area (TPSA) is 102 Å². The first-order chi connectivity index (χ1) is 8.85. The van der Waals surface area contributed by atoms with E-state index in [1.807, 2.05) is 0 Å². The molecule has 2 aromatic rings. The number of aromatic nitrogens is 1. The molecule has 0 aliphatic heterocycles. The van der Waals surface area contributed by atoms with Crippen LogP contribution in [0.15, 0.2) is 18.2 Å². The third-order valence-corrected chi connectivity index (χ3v) is 4.22. The second-order valence-corrected chi connectivity index (χ2v) is 7.44. The molecule has 8 heteroatoms. The van der Waals surface area contributed by atoms with Crippen LogP contribution in [0.25, 0.3) is 10.2 Å². The van der Waals surface area contributed by atoms with E-state index in [1.54, 1.807) is 18.2 Å². The summed E-state index contributed by atoms with van der Waals surface area (Å²) in [7, 11) is -3.07. The van der Waals surface area contributed by atoms with Crippen molar-refractivity contribution in [2.75, 3.05) is 24.3 Å². The molecule has 3 N–H and O–H groups in total. The number of benzene rings is 1. The molecule has 19 heavy (non-hydrogen) atoms. The maximum absolute atomic E-state index is 11.8. The molecule has 102 valence electrons. The molecule has 1 amide bonds. The Morgan fingerprint density at radius 1 is 1.47 bits per heavy atom. The lowest BCUT2D eigenvalue weighted by atomic mass is 10.2. The van der Waals surface area contributed by atoms with Gasteiger partial charge in [-0.1, -0.05) is 11.3 Å². The molecule has 1 heterocycles. The summed E-state index contributed by atoms with van der Waals surface area (Å²) in [6, 6.07) is 5.05. The summed E-state index contributed by atoms with van der Waals surface area (Å²) < 4.78 is 22.7. The molecule has 0 aliphatic carbocycles. The molecular weight excluding hydrogens is 286 g/mol. The minimum absolute atomic E-state index is 0.0749. The van der Waals surface area contributed by atoms with Crippen molar-refractivity contribution in [3.63, 3.8) is 0 Å². The quantitative estimate of drug-likeness (QED) is 0.863. The van der Waals surface area contributed by atoms with Crippen molar-refractivity contribution in [1.29, 1.82) is 0 Å². The Labute approximate surface area is 114 Å². The van der Waals surface area contributed by atoms with Crippen LogP contribution in [0, 0.1) is 0 Å². The Kier molecular flexibility index (Phi) is 3.72. The van der Waals surface area contributed by atoms with Crippen LogP contribution in [-0.2, 0) is 9.84 Å². The van der Waals surface area contributed by atoms with E-state index in [1.165, 1.54) is 11.3 Å². The molecule has 0 saturated heterocycles. The molecule has 0 unspecified atom stereocenters. The number of rotatable bonds is 4. The number of carbonyl (C=O) groups is 1. The average molecular weight is 299 g/mol. The molecule has 0 radical (unpaired) electrons. The zero-order chi connectivity index (χ0) is 14.0. The van der Waals surface area contributed by atoms with Gasteiger partial charge in [0, 0.05) is 18.4 Å². The average Bonchev–Trinajstić information content (AvgIpc) is 2.65. The predicted molar refractivity (Wildman–Crippen MR) is 76.1 cm³/mol. The normalized spacial score (nSPS) is 11.6. The Morgan fingerprint density at radius 2 is 2.21 bits per heavy atom. The maximum Gasteiger partial charge on any atom is 0.251 e. The van der Waals surface area contributed by atoms with Gasteiger partial charge in [-0.3, -0.25) is 4.79 Å². The molecule has 0 atom stereocenters. The lowest BCUT2D eigenvalue weighted by molar-refractivity contribution is 0.0956. The van der Waals surface area contributed by atoms with Gasteiger partial charge in [0.15, 0.2) is 5.13 Å². The van der Waals surface area contributed by atoms with Crippen LogP contribution < -0.4 is 11.1 Å². The van der Waals surface area contributed by atoms with Gasteiger partial charge in [-0.15, -0.1) is 0 Å². The van der Waals surface area contributed by atoms with E-state index in [0.29, 0.717) is 10.7 Å². The van der Waals surface area contributed by atoms with Crippen molar-refractivity contribution < 1.29 is 13.2 Å². The van der Waals surface area contributed by atoms with Gasteiger partial charge in [-0.25, -0.2) is 13.4 Å². The molecular formula is C11H13N3O3S2. The van der Waals surface area contributed by atoms with Gasteiger partial charge in [0.05, 0.1) is 16.0 Å². The number of carbonyl (C=O) groups excluding carboxylic acids is 1. The third-order valence-electron chi connectivity index (χ3n) is 2.43. The molecule has 0 bridgehead atoms. The fourth-order valence-electron chi connectivity index (χ4n) is 1.54. The number of anilines is 1. The monoisotopic (exact) mass is 299 g/mol. The SMILES string of the molecule is CS(=O)(=O)CCNC(=O)c1ccc2nc(N)sc2c1. The summed E-state index contributed by atoms with van der Waals surface area (Å²) in [4.78, 5) is 15.9. The number of amides is 1. The second kappa shape index (κ2) is 5.14. The Bertz CT molecular complexity index is 722. The van der Waals surface area contributed by atoms with E-state index in [0.717, 1.165) is 16.5 Å². The van der Waals surface area contributed by atoms with E-state index in [4.69, 9.17) is 5.73 Å². The highest BCUT2D eigenvalue weighted by Gasteiger charge is 2.09. The molecule has 2 rings (SSSR count). The van der Waals surface area contributed by atoms with E-state index >= 15 is 0 Å². The first kappa shape index (κ1) is 13.8. The number of nitrogen functional groups attached to an aromatic ring is 1. The minimum Gasteiger partial charge on any atom is -0.375 e. The van der Waals surface area contributed by atoms with E-state index in [2.05, 4.69) is 10.3 Å². The fourth-order valence-corrected chi connectivity index (χ4v) is 2.78. The predicted octanol–water partition coefficient (Wildman–Crippen LogP) is 0.653. The van der Waals surface area contributed by atoms with Gasteiger partial charge in [-0.05, 0) is 18.2 Å². The van der Waals surface area contributed by atoms with Gasteiger partial charge in [0.25, 0.3) is 5.91 Å². The molecule has 0 aliphatic rings. The van der Waals surface area contributed by atoms with Crippen LogP contribution in [0.2, 0.25) is 0 Å². The Hall–Kier alpha value is -1.67. The summed E-state index contributed by atoms with van der Waals surface area (Å²) in [5.74, 6) is -0.383. The van der Waals surface area contributed by atoms with Crippen molar-refractivity contribution in [1.82, 2.24) is 10.3 Å². The van der Waals surface area contributed by atoms with Crippen LogP contribution in [0.1, 0.15) is 10.4 Å². The number of sulfone groups is 1. The van der Waals surface area contributed by atoms with Gasteiger partial charge in [-0.2, -0.15) is 0 Å². The maximum atomic E-state index is 11.8. The Balaban J connectivity index is 2.08. The fraction of sp³-hybridized carbons (Fsp3) is 0.273. The van der Waals surface area contributed by atoms with E-state index < -0.39 is 9.84 Å². The summed E-state index contributed by atoms with van der Waals surface area (Å²) in [6.45, 7) is 0.0978. The largest absolute Gasteiger partial charge is 0.375 e. The minimum atomic E-state index is -3.07. The summed E-state index contributed by atoms with van der Waals surface area (Å²) in [5.41, 5.74) is 6.79. The highest BCUT2D eigenvalue weighted by Crippen LogP contribution is 2.24. The van der Waals surface area contributed by atoms with Crippen LogP contribution in [0.5, 0.6) is 0 Å². The molecule has 1 aromatic carbocycles. The number of hydrogen-bond donors (Lipinski definition) is 2. The summed E-state index contributed by atoms with van der Waals surface area (Å²) in [6.07, 6.45) is 1.13. The van der Waals surface area contributed by atoms with Crippen LogP contribution >= 0.6 is 11.3 Å². The van der Waals surface area contributed by atoms with E-state index in [-0.39, 0.29) is 18.2 Å². The molecule has 0 spiro atoms. The number of hydrogen-bond acceptors (Lipinski definition) is 6. The zero-order valence-electron chi connectivity index (χ0n) is 10.2. The van der Waals surface area contributed by atoms with E-state index in [9.17, 15) is 13.2 Å². The molecule has 6 nitrogen and oxygen atoms in total. The first-order valence-corrected chi connectivity index (χ1v) is 8.35. The number of nitrogens with two attached hydrogens (primary N) is 1. The smallest absolute Gasteiger partial charge is 0.251 e. The lowest BCUT2D eigenvalue weighted by Crippen LogP contribution is -2.28. The van der Waals surface area contributed by atoms with Crippen molar-refractivity contribution in [2.24, 2.45) is 0 Å². The summed E-state index contributed by atoms with van der Waals surface area (Å²) >= 11 is 1.30. The number of thiazole rings is 1. The van der Waals surface area contributed by atoms with Gasteiger partial charge in [0.1, 0.15) is 9.84 Å². The van der Waals surface area contributed by atoms with Crippen LogP contribution in [0.3, 0.4) is 0 Å². The van der Waals surface area contributed by atoms with Gasteiger partial charge < -0.3 is 11.1 Å². The summed E-state index contributed by atoms with van der Waals surface area (Å²) in [5, 5.41) is 3.01. The number of nitrogens with one attached hydrogen (secondary N) is 1. The van der Waals surface area contributed by atoms with Crippen LogP contribution in [0.4, 0.5) is 5.13 Å². The van der Waals surface area contributed by atoms with Crippen molar-refractivity contribution >= 4 is 42.4 Å². The van der Waals surface area contributed by atoms with Gasteiger partial charge in [0.2, 0.25) is 0 Å². The molecule has 0 saturated carbocycles. The van der Waals surface area contributed by atoms with Gasteiger partial charge >= 0.3 is 0 Å². The van der Waals surface area contributed by atoms with Crippen molar-refractivity contribution in [3.8, 4) is 0 Å². The van der Waals surface area contributed by atoms with Crippen LogP contribution in [-0.4, -0.2) is 37.9 Å². The highest BCUT2D eigenvalue weighted by atomic mass is 32.2. The number of fused-ring (bicyclic) bond motifs is 1. The third kappa shape index (κ3) is 3.65. The molecule has 0 fully saturated rings. The molecule has 1 aromatic heterocycles. The highest BCUT2D eigenvalue weighted by molar-refractivity contribution is 7.90. The Morgan fingerprint density at radius 3 is 2.89 bits per heavy atom. The zero-order valence-corrected chi connectivity index (χ0v) is 11.8. The number of nitrogens with zero attached hydrogens (tertiary/aromatic N) is 1. The standard InChI is InChI=1S/C11H13N3O3S2/c1-19(16,17)5-4-13-10(15)7-2-3-8-9(6-7)18-11(12)14-8/h2-3,6H,4-5H2,1H3,(H2,12,14)(H,13,15). The first-order valence-electron chi connectivity index (χ1n) is 5.47. The second-order valence-electron chi connectivity index (χ2n) is 4.12. The van der Waals surface area contributed by atoms with Crippen molar-refractivity contribution in [2.45, 2.75) is 0 Å². The van der Waals surface area contributed by atoms with Crippen molar-refractivity contribution in [3.05, 3.63) is 23.8 Å².